The summed E-state index contributed by atoms with van der Waals surface area (Å²) in [4.78, 5) is -0.641. The van der Waals surface area contributed by atoms with Gasteiger partial charge >= 0.3 is 0 Å². The molecule has 0 aliphatic rings. The van der Waals surface area contributed by atoms with Gasteiger partial charge < -0.3 is 9.11 Å². The van der Waals surface area contributed by atoms with Gasteiger partial charge in [-0.3, -0.25) is 10.9 Å². The molecule has 10 nitrogen and oxygen atoms in total. The monoisotopic (exact) mass is 472 g/mol. The normalized spacial score (nSPS) is 12.3. The fraction of sp³-hybridized carbons (Fsp3) is 0. The van der Waals surface area contributed by atoms with Crippen LogP contribution < -0.4 is 10.9 Å². The third-order valence-corrected chi connectivity index (χ3v) is 5.71. The highest BCUT2D eigenvalue weighted by Crippen LogP contribution is 2.14. The molecule has 3 rings (SSSR count). The molecule has 166 valence electrons. The van der Waals surface area contributed by atoms with Crippen molar-refractivity contribution in [2.75, 3.05) is 10.9 Å². The number of nitrogens with one attached hydrogen (secondary N) is 2. The van der Waals surface area contributed by atoms with Crippen LogP contribution >= 0.6 is 0 Å². The van der Waals surface area contributed by atoms with E-state index in [1.165, 1.54) is 48.5 Å². The first-order valence-corrected chi connectivity index (χ1v) is 11.7. The average Bonchev–Trinajstić information content (AvgIpc) is 2.74. The molecule has 0 bridgehead atoms. The topological polar surface area (TPSA) is 163 Å². The Morgan fingerprint density at radius 3 is 1.34 bits per heavy atom. The van der Waals surface area contributed by atoms with Crippen molar-refractivity contribution in [2.24, 2.45) is 10.2 Å². The van der Waals surface area contributed by atoms with Crippen molar-refractivity contribution < 1.29 is 25.9 Å². The second kappa shape index (κ2) is 9.70. The van der Waals surface area contributed by atoms with Gasteiger partial charge in [-0.05, 0) is 65.7 Å². The smallest absolute Gasteiger partial charge is 0.124 e. The van der Waals surface area contributed by atoms with Gasteiger partial charge in [0, 0.05) is 0 Å². The Kier molecular flexibility index (Phi) is 7.00. The van der Waals surface area contributed by atoms with Crippen LogP contribution in [-0.2, 0) is 20.2 Å². The lowest BCUT2D eigenvalue weighted by molar-refractivity contribution is 0.461. The van der Waals surface area contributed by atoms with Crippen molar-refractivity contribution >= 4 is 44.0 Å². The molecule has 3 aromatic rings. The van der Waals surface area contributed by atoms with E-state index in [2.05, 4.69) is 21.1 Å². The molecule has 3 aromatic carbocycles. The van der Waals surface area contributed by atoms with E-state index in [1.807, 2.05) is 12.1 Å². The first-order valence-electron chi connectivity index (χ1n) is 8.91. The Balaban J connectivity index is 1.59. The fourth-order valence-corrected chi connectivity index (χ4v) is 3.41. The Labute approximate surface area is 184 Å². The van der Waals surface area contributed by atoms with Crippen molar-refractivity contribution in [3.05, 3.63) is 83.9 Å². The zero-order valence-electron chi connectivity index (χ0n) is 16.2. The zero-order chi connectivity index (χ0) is 23.2. The van der Waals surface area contributed by atoms with E-state index >= 15 is 0 Å². The maximum Gasteiger partial charge on any atom is 0.124 e. The van der Waals surface area contributed by atoms with Crippen molar-refractivity contribution in [1.29, 1.82) is 0 Å². The van der Waals surface area contributed by atoms with Gasteiger partial charge in [-0.1, -0.05) is 18.2 Å². The summed E-state index contributed by atoms with van der Waals surface area (Å²) in [6, 6.07) is 17.7. The van der Waals surface area contributed by atoms with Crippen LogP contribution in [0.5, 0.6) is 0 Å². The third-order valence-electron chi connectivity index (χ3n) is 4.01. The first kappa shape index (κ1) is 23.1. The number of anilines is 2. The minimum atomic E-state index is -4.49. The number of hydrogen-bond donors (Lipinski definition) is 2. The molecule has 0 unspecified atom stereocenters. The number of rotatable bonds is 8. The third kappa shape index (κ3) is 6.72. The maximum absolute atomic E-state index is 10.9. The van der Waals surface area contributed by atoms with E-state index in [1.54, 1.807) is 24.6 Å². The number of benzene rings is 3. The van der Waals surface area contributed by atoms with E-state index in [-0.39, 0.29) is 9.79 Å². The highest BCUT2D eigenvalue weighted by molar-refractivity contribution is 7.86. The second-order valence-corrected chi connectivity index (χ2v) is 9.13. The molecule has 0 aromatic heterocycles. The molecule has 0 saturated carbocycles. The molecule has 12 heteroatoms. The minimum Gasteiger partial charge on any atom is -0.744 e. The quantitative estimate of drug-likeness (QED) is 0.287. The van der Waals surface area contributed by atoms with Crippen LogP contribution in [0.15, 0.2) is 92.8 Å². The Hall–Kier alpha value is -3.58. The van der Waals surface area contributed by atoms with Crippen LogP contribution in [0.1, 0.15) is 11.1 Å². The van der Waals surface area contributed by atoms with Gasteiger partial charge in [0.15, 0.2) is 0 Å². The highest BCUT2D eigenvalue weighted by atomic mass is 32.2. The molecule has 0 heterocycles. The largest absolute Gasteiger partial charge is 0.744 e. The lowest BCUT2D eigenvalue weighted by atomic mass is 10.1. The number of hydrogen-bond acceptors (Lipinski definition) is 10. The molecular weight excluding hydrogens is 456 g/mol. The second-order valence-electron chi connectivity index (χ2n) is 6.37. The van der Waals surface area contributed by atoms with Crippen LogP contribution in [0.4, 0.5) is 11.4 Å². The van der Waals surface area contributed by atoms with Gasteiger partial charge in [-0.15, -0.1) is 0 Å². The fourth-order valence-electron chi connectivity index (χ4n) is 2.47. The van der Waals surface area contributed by atoms with Crippen LogP contribution in [0.3, 0.4) is 0 Å². The van der Waals surface area contributed by atoms with Crippen LogP contribution in [-0.4, -0.2) is 38.4 Å². The first-order chi connectivity index (χ1) is 15.1. The van der Waals surface area contributed by atoms with Crippen molar-refractivity contribution in [1.82, 2.24) is 0 Å². The summed E-state index contributed by atoms with van der Waals surface area (Å²) in [5.74, 6) is 0. The number of nitrogens with zero attached hydrogens (tertiary/aromatic N) is 2. The molecular formula is C20H16N4O6S2-2. The predicted molar refractivity (Wildman–Crippen MR) is 118 cm³/mol. The Bertz CT molecular complexity index is 1250. The molecule has 0 fully saturated rings. The molecule has 0 spiro atoms. The van der Waals surface area contributed by atoms with Gasteiger partial charge in [0.25, 0.3) is 0 Å². The van der Waals surface area contributed by atoms with Crippen molar-refractivity contribution in [2.45, 2.75) is 9.79 Å². The van der Waals surface area contributed by atoms with Gasteiger partial charge in [0.1, 0.15) is 20.2 Å². The van der Waals surface area contributed by atoms with E-state index < -0.39 is 20.2 Å². The van der Waals surface area contributed by atoms with Gasteiger partial charge in [-0.25, -0.2) is 16.8 Å². The van der Waals surface area contributed by atoms with E-state index in [9.17, 15) is 25.9 Å². The van der Waals surface area contributed by atoms with Crippen molar-refractivity contribution in [3.8, 4) is 0 Å². The average molecular weight is 473 g/mol. The van der Waals surface area contributed by atoms with E-state index in [4.69, 9.17) is 0 Å². The molecule has 0 amide bonds. The molecule has 0 radical (unpaired) electrons. The summed E-state index contributed by atoms with van der Waals surface area (Å²) in [5.41, 5.74) is 7.99. The van der Waals surface area contributed by atoms with Crippen LogP contribution in [0, 0.1) is 0 Å². The van der Waals surface area contributed by atoms with Gasteiger partial charge in [0.05, 0.1) is 33.6 Å². The summed E-state index contributed by atoms with van der Waals surface area (Å²) >= 11 is 0. The van der Waals surface area contributed by atoms with Crippen molar-refractivity contribution in [3.63, 3.8) is 0 Å². The highest BCUT2D eigenvalue weighted by Gasteiger charge is 2.01. The molecule has 2 N–H and O–H groups in total. The maximum atomic E-state index is 10.9. The predicted octanol–water partition coefficient (Wildman–Crippen LogP) is 2.39. The lowest BCUT2D eigenvalue weighted by Crippen LogP contribution is -1.98. The van der Waals surface area contributed by atoms with Gasteiger partial charge in [0.2, 0.25) is 0 Å². The standard InChI is InChI=1S/C20H18N4O6S2/c25-31(26,27)19-8-4-17(5-9-19)23-21-13-15-2-1-3-16(12-15)14-22-24-18-6-10-20(11-7-18)32(28,29)30/h1-14,23-24H,(H,25,26,27)(H,28,29,30)/p-2/b21-13-,22-14-. The molecule has 0 aliphatic carbocycles. The SMILES string of the molecule is O=S(=O)([O-])c1ccc(N/N=C\c2cccc(/C=N\Nc3ccc(S(=O)(=O)[O-])cc3)c2)cc1. The summed E-state index contributed by atoms with van der Waals surface area (Å²) in [5, 5.41) is 8.13. The summed E-state index contributed by atoms with van der Waals surface area (Å²) in [7, 11) is -8.98. The van der Waals surface area contributed by atoms with E-state index in [0.29, 0.717) is 11.4 Å². The summed E-state index contributed by atoms with van der Waals surface area (Å²) < 4.78 is 65.6. The van der Waals surface area contributed by atoms with Crippen LogP contribution in [0.25, 0.3) is 0 Å². The summed E-state index contributed by atoms with van der Waals surface area (Å²) in [6.07, 6.45) is 3.09. The molecule has 0 saturated heterocycles. The molecule has 0 aliphatic heterocycles. The zero-order valence-corrected chi connectivity index (χ0v) is 17.9. The lowest BCUT2D eigenvalue weighted by Gasteiger charge is -2.07. The van der Waals surface area contributed by atoms with Crippen LogP contribution in [0.2, 0.25) is 0 Å². The Morgan fingerprint density at radius 2 is 1.00 bits per heavy atom. The Morgan fingerprint density at radius 1 is 0.625 bits per heavy atom. The van der Waals surface area contributed by atoms with E-state index in [0.717, 1.165) is 11.1 Å². The minimum absolute atomic E-state index is 0.320. The summed E-state index contributed by atoms with van der Waals surface area (Å²) in [6.45, 7) is 0. The van der Waals surface area contributed by atoms with Gasteiger partial charge in [-0.2, -0.15) is 10.2 Å². The molecule has 0 atom stereocenters. The molecule has 32 heavy (non-hydrogen) atoms. The number of hydrazone groups is 2.